The lowest BCUT2D eigenvalue weighted by Gasteiger charge is -2.07. The van der Waals surface area contributed by atoms with Crippen LogP contribution >= 0.6 is 15.9 Å². The van der Waals surface area contributed by atoms with Crippen molar-refractivity contribution in [2.24, 2.45) is 0 Å². The largest absolute Gasteiger partial charge is 0.469 e. The van der Waals surface area contributed by atoms with Gasteiger partial charge in [-0.25, -0.2) is 17.5 Å². The fourth-order valence-corrected chi connectivity index (χ4v) is 2.78. The molecule has 0 unspecified atom stereocenters. The third-order valence-electron chi connectivity index (χ3n) is 2.26. The van der Waals surface area contributed by atoms with Crippen molar-refractivity contribution in [1.82, 2.24) is 4.72 Å². The molecule has 0 heterocycles. The Labute approximate surface area is 119 Å². The average Bonchev–Trinajstić information content (AvgIpc) is 2.33. The van der Waals surface area contributed by atoms with Gasteiger partial charge in [-0.15, -0.1) is 0 Å². The Bertz CT molecular complexity index is 562. The van der Waals surface area contributed by atoms with Crippen LogP contribution in [0.2, 0.25) is 0 Å². The van der Waals surface area contributed by atoms with E-state index < -0.39 is 26.7 Å². The molecule has 0 saturated heterocycles. The quantitative estimate of drug-likeness (QED) is 0.625. The number of hydrogen-bond donors (Lipinski definition) is 1. The van der Waals surface area contributed by atoms with Crippen molar-refractivity contribution in [2.45, 2.75) is 17.7 Å². The topological polar surface area (TPSA) is 72.5 Å². The molecule has 1 rings (SSSR count). The zero-order valence-corrected chi connectivity index (χ0v) is 12.6. The zero-order chi connectivity index (χ0) is 14.5. The van der Waals surface area contributed by atoms with Crippen LogP contribution in [0.5, 0.6) is 0 Å². The van der Waals surface area contributed by atoms with Crippen LogP contribution in [0.3, 0.4) is 0 Å². The summed E-state index contributed by atoms with van der Waals surface area (Å²) in [6.45, 7) is 0.0347. The highest BCUT2D eigenvalue weighted by Gasteiger charge is 2.18. The van der Waals surface area contributed by atoms with Gasteiger partial charge in [0.15, 0.2) is 0 Å². The van der Waals surface area contributed by atoms with Crippen molar-refractivity contribution < 1.29 is 22.3 Å². The van der Waals surface area contributed by atoms with E-state index in [0.29, 0.717) is 4.47 Å². The molecule has 19 heavy (non-hydrogen) atoms. The van der Waals surface area contributed by atoms with Gasteiger partial charge < -0.3 is 4.74 Å². The molecule has 0 aliphatic rings. The number of halogens is 2. The van der Waals surface area contributed by atoms with Crippen molar-refractivity contribution in [3.05, 3.63) is 28.5 Å². The van der Waals surface area contributed by atoms with Gasteiger partial charge in [0.1, 0.15) is 10.7 Å². The number of rotatable bonds is 6. The minimum atomic E-state index is -3.91. The van der Waals surface area contributed by atoms with Gasteiger partial charge in [0.2, 0.25) is 10.0 Å². The molecule has 1 aromatic rings. The van der Waals surface area contributed by atoms with E-state index in [4.69, 9.17) is 0 Å². The Morgan fingerprint density at radius 2 is 2.16 bits per heavy atom. The van der Waals surface area contributed by atoms with E-state index in [9.17, 15) is 17.6 Å². The minimum Gasteiger partial charge on any atom is -0.469 e. The SMILES string of the molecule is COC(=O)CCCNS(=O)(=O)c1ccc(Br)cc1F. The van der Waals surface area contributed by atoms with Gasteiger partial charge in [0, 0.05) is 17.4 Å². The van der Waals surface area contributed by atoms with E-state index in [-0.39, 0.29) is 19.4 Å². The first kappa shape index (κ1) is 16.1. The normalized spacial score (nSPS) is 11.3. The molecule has 0 amide bonds. The number of carbonyl (C=O) groups is 1. The van der Waals surface area contributed by atoms with Gasteiger partial charge in [-0.05, 0) is 24.6 Å². The molecule has 0 radical (unpaired) electrons. The predicted octanol–water partition coefficient (Wildman–Crippen LogP) is 1.82. The van der Waals surface area contributed by atoms with Gasteiger partial charge >= 0.3 is 5.97 Å². The smallest absolute Gasteiger partial charge is 0.305 e. The second kappa shape index (κ2) is 6.97. The minimum absolute atomic E-state index is 0.0347. The van der Waals surface area contributed by atoms with Crippen molar-refractivity contribution >= 4 is 31.9 Å². The van der Waals surface area contributed by atoms with E-state index in [2.05, 4.69) is 25.4 Å². The summed E-state index contributed by atoms with van der Waals surface area (Å²) < 4.78 is 44.2. The number of esters is 1. The van der Waals surface area contributed by atoms with Gasteiger partial charge in [0.05, 0.1) is 7.11 Å². The number of nitrogens with one attached hydrogen (secondary N) is 1. The summed E-state index contributed by atoms with van der Waals surface area (Å²) >= 11 is 3.04. The van der Waals surface area contributed by atoms with E-state index in [1.807, 2.05) is 0 Å². The summed E-state index contributed by atoms with van der Waals surface area (Å²) in [4.78, 5) is 10.4. The Morgan fingerprint density at radius 1 is 1.47 bits per heavy atom. The van der Waals surface area contributed by atoms with Crippen molar-refractivity contribution in [2.75, 3.05) is 13.7 Å². The maximum absolute atomic E-state index is 13.5. The van der Waals surface area contributed by atoms with Gasteiger partial charge in [-0.1, -0.05) is 15.9 Å². The number of methoxy groups -OCH3 is 1. The fraction of sp³-hybridized carbons (Fsp3) is 0.364. The van der Waals surface area contributed by atoms with Crippen LogP contribution in [0.25, 0.3) is 0 Å². The summed E-state index contributed by atoms with van der Waals surface area (Å²) in [7, 11) is -2.66. The molecule has 0 aliphatic carbocycles. The monoisotopic (exact) mass is 353 g/mol. The third kappa shape index (κ3) is 4.88. The van der Waals surface area contributed by atoms with E-state index >= 15 is 0 Å². The van der Waals surface area contributed by atoms with Crippen LogP contribution in [0.15, 0.2) is 27.6 Å². The molecular weight excluding hydrogens is 341 g/mol. The number of benzene rings is 1. The molecule has 1 N–H and O–H groups in total. The fourth-order valence-electron chi connectivity index (χ4n) is 1.31. The first-order valence-corrected chi connectivity index (χ1v) is 7.66. The summed E-state index contributed by atoms with van der Waals surface area (Å²) in [6.07, 6.45) is 0.381. The van der Waals surface area contributed by atoms with E-state index in [1.54, 1.807) is 0 Å². The van der Waals surface area contributed by atoms with Crippen LogP contribution in [-0.4, -0.2) is 28.0 Å². The van der Waals surface area contributed by atoms with Crippen LogP contribution in [-0.2, 0) is 19.6 Å². The highest BCUT2D eigenvalue weighted by molar-refractivity contribution is 9.10. The van der Waals surface area contributed by atoms with Crippen molar-refractivity contribution in [1.29, 1.82) is 0 Å². The molecule has 106 valence electrons. The van der Waals surface area contributed by atoms with Crippen LogP contribution in [0, 0.1) is 5.82 Å². The molecule has 0 fully saturated rings. The second-order valence-corrected chi connectivity index (χ2v) is 6.30. The predicted molar refractivity (Wildman–Crippen MR) is 70.5 cm³/mol. The maximum Gasteiger partial charge on any atom is 0.305 e. The third-order valence-corrected chi connectivity index (χ3v) is 4.25. The van der Waals surface area contributed by atoms with Gasteiger partial charge in [-0.3, -0.25) is 4.79 Å². The Morgan fingerprint density at radius 3 is 2.74 bits per heavy atom. The molecule has 8 heteroatoms. The highest BCUT2D eigenvalue weighted by Crippen LogP contribution is 2.19. The standard InChI is InChI=1S/C11H13BrFNO4S/c1-18-11(15)3-2-6-14-19(16,17)10-5-4-8(12)7-9(10)13/h4-5,7,14H,2-3,6H2,1H3. The summed E-state index contributed by atoms with van der Waals surface area (Å²) in [5.41, 5.74) is 0. The number of hydrogen-bond acceptors (Lipinski definition) is 4. The lowest BCUT2D eigenvalue weighted by molar-refractivity contribution is -0.140. The lowest BCUT2D eigenvalue weighted by atomic mass is 10.3. The average molecular weight is 354 g/mol. The highest BCUT2D eigenvalue weighted by atomic mass is 79.9. The van der Waals surface area contributed by atoms with Crippen molar-refractivity contribution in [3.8, 4) is 0 Å². The summed E-state index contributed by atoms with van der Waals surface area (Å²) in [6, 6.07) is 3.68. The van der Waals surface area contributed by atoms with E-state index in [1.165, 1.54) is 19.2 Å². The van der Waals surface area contributed by atoms with Crippen LogP contribution in [0.4, 0.5) is 4.39 Å². The molecule has 0 spiro atoms. The summed E-state index contributed by atoms with van der Waals surface area (Å²) in [5, 5.41) is 0. The zero-order valence-electron chi connectivity index (χ0n) is 10.2. The number of sulfonamides is 1. The van der Waals surface area contributed by atoms with E-state index in [0.717, 1.165) is 6.07 Å². The molecule has 0 atom stereocenters. The molecule has 0 saturated carbocycles. The number of ether oxygens (including phenoxy) is 1. The molecule has 0 bridgehead atoms. The summed E-state index contributed by atoms with van der Waals surface area (Å²) in [5.74, 6) is -1.26. The number of carbonyl (C=O) groups excluding carboxylic acids is 1. The molecule has 5 nitrogen and oxygen atoms in total. The second-order valence-electron chi connectivity index (χ2n) is 3.65. The van der Waals surface area contributed by atoms with Gasteiger partial charge in [0.25, 0.3) is 0 Å². The van der Waals surface area contributed by atoms with Crippen LogP contribution in [0.1, 0.15) is 12.8 Å². The first-order valence-electron chi connectivity index (χ1n) is 5.38. The maximum atomic E-state index is 13.5. The van der Waals surface area contributed by atoms with Crippen LogP contribution < -0.4 is 4.72 Å². The van der Waals surface area contributed by atoms with Crippen molar-refractivity contribution in [3.63, 3.8) is 0 Å². The molecule has 0 aliphatic heterocycles. The van der Waals surface area contributed by atoms with Gasteiger partial charge in [-0.2, -0.15) is 0 Å². The first-order chi connectivity index (χ1) is 8.86. The Hall–Kier alpha value is -0.990. The Balaban J connectivity index is 2.63. The lowest BCUT2D eigenvalue weighted by Crippen LogP contribution is -2.26. The Kier molecular flexibility index (Phi) is 5.89. The molecular formula is C11H13BrFNO4S. The molecule has 0 aromatic heterocycles. The molecule has 1 aromatic carbocycles.